The molecule has 3 rings (SSSR count). The van der Waals surface area contributed by atoms with Gasteiger partial charge >= 0.3 is 0 Å². The Labute approximate surface area is 96.0 Å². The number of rotatable bonds is 1. The first-order chi connectivity index (χ1) is 7.21. The molecule has 1 heterocycles. The van der Waals surface area contributed by atoms with Crippen LogP contribution in [0.5, 0.6) is 0 Å². The third-order valence-corrected chi connectivity index (χ3v) is 3.34. The van der Waals surface area contributed by atoms with Crippen LogP contribution in [0.4, 0.5) is 0 Å². The molecule has 15 heavy (non-hydrogen) atoms. The lowest BCUT2D eigenvalue weighted by Gasteiger charge is -2.10. The monoisotopic (exact) mass is 264 g/mol. The average molecular weight is 265 g/mol. The maximum atomic E-state index is 9.30. The van der Waals surface area contributed by atoms with E-state index in [9.17, 15) is 5.11 Å². The van der Waals surface area contributed by atoms with Crippen LogP contribution in [0.3, 0.4) is 0 Å². The van der Waals surface area contributed by atoms with Gasteiger partial charge in [0.2, 0.25) is 0 Å². The Morgan fingerprint density at radius 2 is 2.00 bits per heavy atom. The van der Waals surface area contributed by atoms with Crippen molar-refractivity contribution in [1.82, 2.24) is 0 Å². The summed E-state index contributed by atoms with van der Waals surface area (Å²) < 4.78 is 6.68. The summed E-state index contributed by atoms with van der Waals surface area (Å²) in [4.78, 5) is 0. The summed E-state index contributed by atoms with van der Waals surface area (Å²) in [6.07, 6.45) is 5.33. The quantitative estimate of drug-likeness (QED) is 0.791. The Bertz CT molecular complexity index is 461. The lowest BCUT2D eigenvalue weighted by Crippen LogP contribution is -2.11. The van der Waals surface area contributed by atoms with E-state index in [-0.39, 0.29) is 17.5 Å². The van der Waals surface area contributed by atoms with Gasteiger partial charge in [0.25, 0.3) is 0 Å². The lowest BCUT2D eigenvalue weighted by molar-refractivity contribution is 0.345. The molecule has 2 atom stereocenters. The van der Waals surface area contributed by atoms with E-state index in [1.165, 1.54) is 0 Å². The smallest absolute Gasteiger partial charge is 0.142 e. The van der Waals surface area contributed by atoms with E-state index in [1.54, 1.807) is 12.2 Å². The number of epoxide rings is 1. The van der Waals surface area contributed by atoms with Crippen LogP contribution in [0.15, 0.2) is 52.7 Å². The molecule has 2 nitrogen and oxygen atoms in total. The number of benzene rings is 1. The van der Waals surface area contributed by atoms with Crippen LogP contribution in [0, 0.1) is 0 Å². The molecule has 1 saturated heterocycles. The third-order valence-electron chi connectivity index (χ3n) is 2.81. The topological polar surface area (TPSA) is 32.8 Å². The van der Waals surface area contributed by atoms with Crippen LogP contribution in [-0.2, 0) is 10.3 Å². The Kier molecular flexibility index (Phi) is 1.82. The van der Waals surface area contributed by atoms with Crippen molar-refractivity contribution in [3.63, 3.8) is 0 Å². The van der Waals surface area contributed by atoms with Crippen molar-refractivity contribution < 1.29 is 9.84 Å². The van der Waals surface area contributed by atoms with E-state index >= 15 is 0 Å². The molecular formula is C12H9BrO2. The third kappa shape index (κ3) is 1.34. The van der Waals surface area contributed by atoms with Crippen LogP contribution < -0.4 is 0 Å². The van der Waals surface area contributed by atoms with Crippen molar-refractivity contribution in [2.45, 2.75) is 11.7 Å². The summed E-state index contributed by atoms with van der Waals surface area (Å²) in [5, 5.41) is 9.30. The fraction of sp³-hybridized carbons (Fsp3) is 0.167. The maximum Gasteiger partial charge on any atom is 0.142 e. The number of aliphatic hydroxyl groups is 1. The standard InChI is InChI=1S/C12H9BrO2/c13-9-3-1-8(2-4-9)12-6-5-10(14)7-11(12)15-12/h1-7,11,14H. The number of fused-ring (bicyclic) bond motifs is 1. The molecule has 1 aromatic rings. The van der Waals surface area contributed by atoms with Gasteiger partial charge in [-0.25, -0.2) is 0 Å². The van der Waals surface area contributed by atoms with Crippen LogP contribution in [0.2, 0.25) is 0 Å². The zero-order chi connectivity index (χ0) is 10.5. The number of halogens is 1. The van der Waals surface area contributed by atoms with E-state index in [0.29, 0.717) is 0 Å². The Hall–Kier alpha value is -1.06. The minimum atomic E-state index is -0.326. The zero-order valence-electron chi connectivity index (χ0n) is 7.85. The Morgan fingerprint density at radius 1 is 1.27 bits per heavy atom. The number of hydrogen-bond donors (Lipinski definition) is 1. The van der Waals surface area contributed by atoms with Crippen LogP contribution in [0.25, 0.3) is 0 Å². The molecule has 1 N–H and O–H groups in total. The normalized spacial score (nSPS) is 32.1. The van der Waals surface area contributed by atoms with Gasteiger partial charge in [-0.3, -0.25) is 0 Å². The van der Waals surface area contributed by atoms with E-state index < -0.39 is 0 Å². The maximum absolute atomic E-state index is 9.30. The van der Waals surface area contributed by atoms with Gasteiger partial charge in [-0.2, -0.15) is 0 Å². The Morgan fingerprint density at radius 3 is 2.67 bits per heavy atom. The molecule has 1 fully saturated rings. The first kappa shape index (κ1) is 9.19. The van der Waals surface area contributed by atoms with Crippen molar-refractivity contribution in [2.75, 3.05) is 0 Å². The lowest BCUT2D eigenvalue weighted by atomic mass is 9.92. The number of hydrogen-bond acceptors (Lipinski definition) is 2. The van der Waals surface area contributed by atoms with Crippen LogP contribution >= 0.6 is 15.9 Å². The average Bonchev–Trinajstić information content (AvgIpc) is 2.93. The van der Waals surface area contributed by atoms with Gasteiger partial charge in [0.15, 0.2) is 0 Å². The SMILES string of the molecule is OC1=CC2OC2(c2ccc(Br)cc2)C=C1. The highest BCUT2D eigenvalue weighted by Crippen LogP contribution is 2.50. The highest BCUT2D eigenvalue weighted by Gasteiger charge is 2.56. The van der Waals surface area contributed by atoms with Gasteiger partial charge in [0.05, 0.1) is 0 Å². The van der Waals surface area contributed by atoms with E-state index in [2.05, 4.69) is 15.9 Å². The summed E-state index contributed by atoms with van der Waals surface area (Å²) in [6.45, 7) is 0. The van der Waals surface area contributed by atoms with Crippen molar-refractivity contribution in [3.05, 3.63) is 58.3 Å². The first-order valence-electron chi connectivity index (χ1n) is 4.75. The molecule has 0 saturated carbocycles. The number of aliphatic hydroxyl groups excluding tert-OH is 1. The zero-order valence-corrected chi connectivity index (χ0v) is 9.44. The molecule has 0 amide bonds. The van der Waals surface area contributed by atoms with Crippen LogP contribution in [0.1, 0.15) is 5.56 Å². The molecule has 0 aromatic heterocycles. The fourth-order valence-electron chi connectivity index (χ4n) is 1.93. The van der Waals surface area contributed by atoms with E-state index in [1.807, 2.05) is 30.3 Å². The molecule has 1 aromatic carbocycles. The minimum Gasteiger partial charge on any atom is -0.508 e. The highest BCUT2D eigenvalue weighted by molar-refractivity contribution is 9.10. The summed E-state index contributed by atoms with van der Waals surface area (Å²) in [5.74, 6) is 0.283. The molecule has 0 bridgehead atoms. The van der Waals surface area contributed by atoms with Gasteiger partial charge in [0, 0.05) is 4.47 Å². The fourth-order valence-corrected chi connectivity index (χ4v) is 2.19. The van der Waals surface area contributed by atoms with Crippen molar-refractivity contribution in [1.29, 1.82) is 0 Å². The molecule has 76 valence electrons. The van der Waals surface area contributed by atoms with Crippen molar-refractivity contribution in [2.24, 2.45) is 0 Å². The highest BCUT2D eigenvalue weighted by atomic mass is 79.9. The molecule has 2 aliphatic rings. The van der Waals surface area contributed by atoms with Gasteiger partial charge < -0.3 is 9.84 Å². The summed E-state index contributed by atoms with van der Waals surface area (Å²) in [7, 11) is 0. The molecule has 1 aliphatic heterocycles. The summed E-state index contributed by atoms with van der Waals surface area (Å²) >= 11 is 3.40. The second kappa shape index (κ2) is 2.97. The van der Waals surface area contributed by atoms with Crippen molar-refractivity contribution >= 4 is 15.9 Å². The predicted octanol–water partition coefficient (Wildman–Crippen LogP) is 3.05. The molecule has 2 unspecified atom stereocenters. The molecule has 0 spiro atoms. The minimum absolute atomic E-state index is 0.0105. The second-order valence-electron chi connectivity index (χ2n) is 3.76. The van der Waals surface area contributed by atoms with E-state index in [4.69, 9.17) is 4.74 Å². The van der Waals surface area contributed by atoms with Crippen LogP contribution in [-0.4, -0.2) is 11.2 Å². The predicted molar refractivity (Wildman–Crippen MR) is 60.5 cm³/mol. The van der Waals surface area contributed by atoms with Gasteiger partial charge in [-0.1, -0.05) is 28.1 Å². The van der Waals surface area contributed by atoms with Crippen molar-refractivity contribution in [3.8, 4) is 0 Å². The first-order valence-corrected chi connectivity index (χ1v) is 5.54. The number of allylic oxidation sites excluding steroid dienone is 1. The molecular weight excluding hydrogens is 256 g/mol. The van der Waals surface area contributed by atoms with Gasteiger partial charge in [-0.05, 0) is 35.9 Å². The Balaban J connectivity index is 1.98. The van der Waals surface area contributed by atoms with Gasteiger partial charge in [0.1, 0.15) is 17.5 Å². The van der Waals surface area contributed by atoms with Gasteiger partial charge in [-0.15, -0.1) is 0 Å². The second-order valence-corrected chi connectivity index (χ2v) is 4.68. The molecule has 1 aliphatic carbocycles. The largest absolute Gasteiger partial charge is 0.508 e. The number of ether oxygens (including phenoxy) is 1. The summed E-state index contributed by atoms with van der Waals surface area (Å²) in [6, 6.07) is 8.05. The van der Waals surface area contributed by atoms with E-state index in [0.717, 1.165) is 10.0 Å². The molecule has 3 heteroatoms. The summed E-state index contributed by atoms with van der Waals surface area (Å²) in [5.41, 5.74) is 0.795. The molecule has 0 radical (unpaired) electrons.